The van der Waals surface area contributed by atoms with Crippen molar-refractivity contribution in [2.24, 2.45) is 5.11 Å². The van der Waals surface area contributed by atoms with Crippen LogP contribution in [0.2, 0.25) is 0 Å². The molecule has 0 saturated carbocycles. The summed E-state index contributed by atoms with van der Waals surface area (Å²) in [7, 11) is 0. The van der Waals surface area contributed by atoms with Gasteiger partial charge in [-0.25, -0.2) is 0 Å². The van der Waals surface area contributed by atoms with Gasteiger partial charge in [-0.05, 0) is 27.8 Å². The molecule has 0 bridgehead atoms. The lowest BCUT2D eigenvalue weighted by molar-refractivity contribution is -0.271. The lowest BCUT2D eigenvalue weighted by atomic mass is 9.97. The normalized spacial score (nSPS) is 21.9. The van der Waals surface area contributed by atoms with E-state index in [2.05, 4.69) is 10.0 Å². The van der Waals surface area contributed by atoms with Crippen molar-refractivity contribution in [1.82, 2.24) is 0 Å². The SMILES string of the molecule is [N-]=[N+]=N[C@@H]1O[C@H](COCc2ccccc2)[C@@H](OCc2ccccc2)[C@H](OCc2ccccc2)[C@@H]1OCc1ccccc1. The lowest BCUT2D eigenvalue weighted by Gasteiger charge is -2.45. The van der Waals surface area contributed by atoms with Gasteiger partial charge in [0.2, 0.25) is 0 Å². The van der Waals surface area contributed by atoms with Gasteiger partial charge in [0.25, 0.3) is 0 Å². The summed E-state index contributed by atoms with van der Waals surface area (Å²) in [5.41, 5.74) is 13.5. The number of benzene rings is 4. The van der Waals surface area contributed by atoms with E-state index in [0.29, 0.717) is 19.8 Å². The van der Waals surface area contributed by atoms with Gasteiger partial charge in [0.15, 0.2) is 6.23 Å². The van der Waals surface area contributed by atoms with Gasteiger partial charge in [-0.2, -0.15) is 0 Å². The fraction of sp³-hybridized carbons (Fsp3) is 0.294. The zero-order valence-electron chi connectivity index (χ0n) is 23.4. The molecule has 8 heteroatoms. The maximum Gasteiger partial charge on any atom is 0.165 e. The van der Waals surface area contributed by atoms with Crippen LogP contribution in [0.3, 0.4) is 0 Å². The molecular weight excluding hydrogens is 530 g/mol. The molecule has 8 nitrogen and oxygen atoms in total. The summed E-state index contributed by atoms with van der Waals surface area (Å²) in [5, 5.41) is 3.99. The minimum absolute atomic E-state index is 0.211. The second-order valence-corrected chi connectivity index (χ2v) is 10.1. The molecule has 0 radical (unpaired) electrons. The summed E-state index contributed by atoms with van der Waals surface area (Å²) in [5.74, 6) is 0. The van der Waals surface area contributed by atoms with E-state index in [1.807, 2.05) is 121 Å². The number of rotatable bonds is 14. The molecule has 0 aromatic heterocycles. The highest BCUT2D eigenvalue weighted by molar-refractivity contribution is 5.16. The lowest BCUT2D eigenvalue weighted by Crippen LogP contribution is -2.60. The topological polar surface area (TPSA) is 94.9 Å². The fourth-order valence-corrected chi connectivity index (χ4v) is 4.91. The number of nitrogens with zero attached hydrogens (tertiary/aromatic N) is 3. The molecule has 42 heavy (non-hydrogen) atoms. The van der Waals surface area contributed by atoms with Crippen LogP contribution in [0.25, 0.3) is 10.4 Å². The molecule has 1 aliphatic heterocycles. The summed E-state index contributed by atoms with van der Waals surface area (Å²) >= 11 is 0. The van der Waals surface area contributed by atoms with Crippen molar-refractivity contribution in [3.63, 3.8) is 0 Å². The van der Waals surface area contributed by atoms with Crippen LogP contribution in [0.4, 0.5) is 0 Å². The van der Waals surface area contributed by atoms with Crippen LogP contribution in [0.15, 0.2) is 126 Å². The van der Waals surface area contributed by atoms with E-state index in [4.69, 9.17) is 23.7 Å². The molecule has 216 valence electrons. The fourth-order valence-electron chi connectivity index (χ4n) is 4.91. The molecule has 0 N–H and O–H groups in total. The molecule has 1 fully saturated rings. The molecule has 0 spiro atoms. The minimum atomic E-state index is -0.943. The third-order valence-electron chi connectivity index (χ3n) is 7.02. The van der Waals surface area contributed by atoms with E-state index in [0.717, 1.165) is 22.3 Å². The molecule has 1 heterocycles. The van der Waals surface area contributed by atoms with Crippen LogP contribution in [-0.4, -0.2) is 37.3 Å². The Hall–Kier alpha value is -4.01. The second kappa shape index (κ2) is 15.8. The Kier molecular flexibility index (Phi) is 11.1. The van der Waals surface area contributed by atoms with Crippen LogP contribution in [0, 0.1) is 0 Å². The molecular formula is C34H35N3O5. The number of hydrogen-bond acceptors (Lipinski definition) is 6. The Morgan fingerprint density at radius 1 is 0.548 bits per heavy atom. The van der Waals surface area contributed by atoms with Gasteiger partial charge in [0, 0.05) is 4.91 Å². The first-order valence-electron chi connectivity index (χ1n) is 14.1. The van der Waals surface area contributed by atoms with E-state index >= 15 is 0 Å². The van der Waals surface area contributed by atoms with Crippen molar-refractivity contribution >= 4 is 0 Å². The van der Waals surface area contributed by atoms with Gasteiger partial charge in [-0.3, -0.25) is 0 Å². The summed E-state index contributed by atoms with van der Waals surface area (Å²) < 4.78 is 32.0. The van der Waals surface area contributed by atoms with Crippen molar-refractivity contribution in [2.75, 3.05) is 6.61 Å². The van der Waals surface area contributed by atoms with Crippen LogP contribution in [0.5, 0.6) is 0 Å². The van der Waals surface area contributed by atoms with Crippen LogP contribution >= 0.6 is 0 Å². The Balaban J connectivity index is 1.41. The maximum absolute atomic E-state index is 9.46. The largest absolute Gasteiger partial charge is 0.374 e. The quantitative estimate of drug-likeness (QED) is 0.0933. The molecule has 0 amide bonds. The van der Waals surface area contributed by atoms with Gasteiger partial charge in [-0.1, -0.05) is 126 Å². The standard InChI is InChI=1S/C34H35N3O5/c35-37-36-34-33(41-24-29-19-11-4-12-20-29)32(40-23-28-17-9-3-10-18-28)31(39-22-27-15-7-2-8-16-27)30(42-34)25-38-21-26-13-5-1-6-14-26/h1-20,30-34H,21-25H2/t30-,31-,32+,33+,34-/m1/s1. The van der Waals surface area contributed by atoms with Gasteiger partial charge in [-0.15, -0.1) is 0 Å². The predicted octanol–water partition coefficient (Wildman–Crippen LogP) is 6.99. The van der Waals surface area contributed by atoms with Gasteiger partial charge >= 0.3 is 0 Å². The average Bonchev–Trinajstić information content (AvgIpc) is 3.05. The molecule has 4 aromatic rings. The monoisotopic (exact) mass is 565 g/mol. The van der Waals surface area contributed by atoms with Crippen molar-refractivity contribution < 1.29 is 23.7 Å². The zero-order valence-corrected chi connectivity index (χ0v) is 23.4. The first kappa shape index (κ1) is 29.5. The summed E-state index contributed by atoms with van der Waals surface area (Å²) in [4.78, 5) is 3.08. The molecule has 1 aliphatic rings. The smallest absolute Gasteiger partial charge is 0.165 e. The zero-order chi connectivity index (χ0) is 28.8. The highest BCUT2D eigenvalue weighted by Crippen LogP contribution is 2.31. The third-order valence-corrected chi connectivity index (χ3v) is 7.02. The minimum Gasteiger partial charge on any atom is -0.374 e. The van der Waals surface area contributed by atoms with Crippen LogP contribution in [-0.2, 0) is 50.1 Å². The maximum atomic E-state index is 9.46. The second-order valence-electron chi connectivity index (χ2n) is 10.1. The summed E-state index contributed by atoms with van der Waals surface area (Å²) in [6.07, 6.45) is -3.44. The van der Waals surface area contributed by atoms with Gasteiger partial charge in [0.1, 0.15) is 24.4 Å². The first-order chi connectivity index (χ1) is 20.8. The molecule has 1 saturated heterocycles. The summed E-state index contributed by atoms with van der Waals surface area (Å²) in [6, 6.07) is 39.6. The number of azide groups is 1. The first-order valence-corrected chi connectivity index (χ1v) is 14.1. The molecule has 0 unspecified atom stereocenters. The predicted molar refractivity (Wildman–Crippen MR) is 159 cm³/mol. The molecule has 0 aliphatic carbocycles. The highest BCUT2D eigenvalue weighted by atomic mass is 16.6. The highest BCUT2D eigenvalue weighted by Gasteiger charge is 2.48. The van der Waals surface area contributed by atoms with Gasteiger partial charge in [0.05, 0.1) is 33.0 Å². The van der Waals surface area contributed by atoms with Crippen LogP contribution in [0.1, 0.15) is 22.3 Å². The Labute approximate surface area is 246 Å². The summed E-state index contributed by atoms with van der Waals surface area (Å²) in [6.45, 7) is 1.57. The van der Waals surface area contributed by atoms with E-state index in [1.54, 1.807) is 0 Å². The molecule has 4 aromatic carbocycles. The van der Waals surface area contributed by atoms with Crippen molar-refractivity contribution in [3.05, 3.63) is 154 Å². The van der Waals surface area contributed by atoms with Crippen molar-refractivity contribution in [3.8, 4) is 0 Å². The van der Waals surface area contributed by atoms with E-state index in [-0.39, 0.29) is 13.2 Å². The van der Waals surface area contributed by atoms with E-state index in [1.165, 1.54) is 0 Å². The van der Waals surface area contributed by atoms with E-state index in [9.17, 15) is 5.53 Å². The van der Waals surface area contributed by atoms with Crippen molar-refractivity contribution in [2.45, 2.75) is 57.1 Å². The molecule has 5 rings (SSSR count). The average molecular weight is 566 g/mol. The Morgan fingerprint density at radius 3 is 1.40 bits per heavy atom. The Morgan fingerprint density at radius 2 is 0.952 bits per heavy atom. The van der Waals surface area contributed by atoms with Crippen molar-refractivity contribution in [1.29, 1.82) is 0 Å². The third kappa shape index (κ3) is 8.50. The number of ether oxygens (including phenoxy) is 5. The van der Waals surface area contributed by atoms with Crippen LogP contribution < -0.4 is 0 Å². The van der Waals surface area contributed by atoms with E-state index < -0.39 is 30.6 Å². The Bertz CT molecular complexity index is 1370. The molecule has 5 atom stereocenters. The van der Waals surface area contributed by atoms with Gasteiger partial charge < -0.3 is 23.7 Å². The number of hydrogen-bond donors (Lipinski definition) is 0.